The highest BCUT2D eigenvalue weighted by Gasteiger charge is 2.06. The van der Waals surface area contributed by atoms with E-state index < -0.39 is 0 Å². The zero-order valence-electron chi connectivity index (χ0n) is 16.0. The molecule has 0 atom stereocenters. The Labute approximate surface area is 181 Å². The van der Waals surface area contributed by atoms with Crippen LogP contribution in [0.4, 0.5) is 0 Å². The van der Waals surface area contributed by atoms with Gasteiger partial charge in [0.25, 0.3) is 0 Å². The minimum absolute atomic E-state index is 0.0495. The van der Waals surface area contributed by atoms with Gasteiger partial charge in [0.05, 0.1) is 0 Å². The van der Waals surface area contributed by atoms with Crippen LogP contribution in [0.15, 0.2) is 78.9 Å². The summed E-state index contributed by atoms with van der Waals surface area (Å²) < 4.78 is 5.77. The van der Waals surface area contributed by atoms with E-state index in [4.69, 9.17) is 27.9 Å². The first-order valence-electron chi connectivity index (χ1n) is 9.15. The molecule has 0 fully saturated rings. The van der Waals surface area contributed by atoms with E-state index in [0.29, 0.717) is 23.2 Å². The van der Waals surface area contributed by atoms with Gasteiger partial charge in [0, 0.05) is 35.3 Å². The van der Waals surface area contributed by atoms with Crippen LogP contribution in [0.3, 0.4) is 0 Å². The molecular formula is C24H21Cl2NO2. The number of rotatable bonds is 7. The van der Waals surface area contributed by atoms with Crippen molar-refractivity contribution in [1.82, 2.24) is 4.90 Å². The number of hydrogen-bond acceptors (Lipinski definition) is 2. The van der Waals surface area contributed by atoms with Crippen LogP contribution < -0.4 is 4.74 Å². The van der Waals surface area contributed by atoms with Gasteiger partial charge < -0.3 is 9.64 Å². The number of nitrogens with zero attached hydrogens (tertiary/aromatic N) is 1. The highest BCUT2D eigenvalue weighted by Crippen LogP contribution is 2.23. The Bertz CT molecular complexity index is 986. The van der Waals surface area contributed by atoms with E-state index >= 15 is 0 Å². The summed E-state index contributed by atoms with van der Waals surface area (Å²) in [5.74, 6) is 0.673. The van der Waals surface area contributed by atoms with Gasteiger partial charge in [-0.25, -0.2) is 0 Å². The van der Waals surface area contributed by atoms with E-state index in [1.54, 1.807) is 36.2 Å². The number of halogens is 2. The second-order valence-corrected chi connectivity index (χ2v) is 7.45. The van der Waals surface area contributed by atoms with Crippen LogP contribution in [-0.4, -0.2) is 17.9 Å². The molecule has 0 aliphatic rings. The second-order valence-electron chi connectivity index (χ2n) is 6.61. The molecule has 0 saturated carbocycles. The Kier molecular flexibility index (Phi) is 7.34. The van der Waals surface area contributed by atoms with Crippen LogP contribution in [0.2, 0.25) is 10.0 Å². The first kappa shape index (κ1) is 21.0. The average molecular weight is 426 g/mol. The highest BCUT2D eigenvalue weighted by atomic mass is 35.5. The fraction of sp³-hybridized carbons (Fsp3) is 0.125. The van der Waals surface area contributed by atoms with E-state index in [1.807, 2.05) is 60.7 Å². The topological polar surface area (TPSA) is 29.5 Å². The van der Waals surface area contributed by atoms with Crippen molar-refractivity contribution in [1.29, 1.82) is 0 Å². The Morgan fingerprint density at radius 2 is 1.72 bits per heavy atom. The van der Waals surface area contributed by atoms with Crippen molar-refractivity contribution >= 4 is 35.2 Å². The van der Waals surface area contributed by atoms with Crippen LogP contribution in [0.5, 0.6) is 5.75 Å². The van der Waals surface area contributed by atoms with E-state index in [0.717, 1.165) is 22.4 Å². The van der Waals surface area contributed by atoms with E-state index in [-0.39, 0.29) is 5.91 Å². The third-order valence-corrected chi connectivity index (χ3v) is 4.93. The van der Waals surface area contributed by atoms with Crippen molar-refractivity contribution in [2.24, 2.45) is 0 Å². The van der Waals surface area contributed by atoms with Crippen molar-refractivity contribution < 1.29 is 9.53 Å². The molecule has 5 heteroatoms. The fourth-order valence-corrected chi connectivity index (χ4v) is 3.17. The number of carbonyl (C=O) groups is 1. The maximum Gasteiger partial charge on any atom is 0.246 e. The molecule has 0 aromatic heterocycles. The molecule has 3 aromatic carbocycles. The largest absolute Gasteiger partial charge is 0.489 e. The van der Waals surface area contributed by atoms with Crippen LogP contribution in [-0.2, 0) is 17.9 Å². The Morgan fingerprint density at radius 1 is 1.00 bits per heavy atom. The Hall–Kier alpha value is -2.75. The van der Waals surface area contributed by atoms with Crippen molar-refractivity contribution in [2.45, 2.75) is 13.2 Å². The molecule has 1 amide bonds. The van der Waals surface area contributed by atoms with Crippen molar-refractivity contribution in [2.75, 3.05) is 7.05 Å². The van der Waals surface area contributed by atoms with Gasteiger partial charge in [0.1, 0.15) is 12.4 Å². The summed E-state index contributed by atoms with van der Waals surface area (Å²) in [4.78, 5) is 14.0. The van der Waals surface area contributed by atoms with Crippen LogP contribution in [0, 0.1) is 0 Å². The second kappa shape index (κ2) is 10.1. The number of ether oxygens (including phenoxy) is 1. The zero-order chi connectivity index (χ0) is 20.6. The number of hydrogen-bond donors (Lipinski definition) is 0. The summed E-state index contributed by atoms with van der Waals surface area (Å²) in [7, 11) is 1.79. The molecule has 0 spiro atoms. The third kappa shape index (κ3) is 6.38. The maximum atomic E-state index is 12.3. The standard InChI is InChI=1S/C24H21Cl2NO2/c1-27(16-19-5-3-2-4-6-19)24(28)14-9-18-7-12-22(13-8-18)29-17-20-10-11-21(25)15-23(20)26/h2-15H,16-17H2,1H3. The smallest absolute Gasteiger partial charge is 0.246 e. The van der Waals surface area contributed by atoms with Gasteiger partial charge in [-0.05, 0) is 41.5 Å². The third-order valence-electron chi connectivity index (χ3n) is 4.35. The summed E-state index contributed by atoms with van der Waals surface area (Å²) in [5.41, 5.74) is 2.88. The molecule has 29 heavy (non-hydrogen) atoms. The van der Waals surface area contributed by atoms with E-state index in [2.05, 4.69) is 0 Å². The van der Waals surface area contributed by atoms with Gasteiger partial charge in [-0.15, -0.1) is 0 Å². The molecule has 3 aromatic rings. The summed E-state index contributed by atoms with van der Waals surface area (Å²) >= 11 is 12.1. The van der Waals surface area contributed by atoms with Crippen molar-refractivity contribution in [3.63, 3.8) is 0 Å². The maximum absolute atomic E-state index is 12.3. The zero-order valence-corrected chi connectivity index (χ0v) is 17.5. The van der Waals surface area contributed by atoms with Crippen LogP contribution >= 0.6 is 23.2 Å². The molecule has 0 aliphatic carbocycles. The van der Waals surface area contributed by atoms with Gasteiger partial charge in [0.2, 0.25) is 5.91 Å². The lowest BCUT2D eigenvalue weighted by Crippen LogP contribution is -2.23. The van der Waals surface area contributed by atoms with Crippen LogP contribution in [0.25, 0.3) is 6.08 Å². The van der Waals surface area contributed by atoms with Gasteiger partial charge >= 0.3 is 0 Å². The molecule has 0 saturated heterocycles. The van der Waals surface area contributed by atoms with Gasteiger partial charge in [0.15, 0.2) is 0 Å². The Morgan fingerprint density at radius 3 is 2.41 bits per heavy atom. The first-order chi connectivity index (χ1) is 14.0. The summed E-state index contributed by atoms with van der Waals surface area (Å²) in [6.45, 7) is 0.929. The quantitative estimate of drug-likeness (QED) is 0.419. The van der Waals surface area contributed by atoms with Gasteiger partial charge in [-0.1, -0.05) is 71.7 Å². The SMILES string of the molecule is CN(Cc1ccccc1)C(=O)C=Cc1ccc(OCc2ccc(Cl)cc2Cl)cc1. The minimum Gasteiger partial charge on any atom is -0.489 e. The predicted molar refractivity (Wildman–Crippen MR) is 119 cm³/mol. The highest BCUT2D eigenvalue weighted by molar-refractivity contribution is 6.35. The van der Waals surface area contributed by atoms with Crippen molar-refractivity contribution in [3.8, 4) is 5.75 Å². The average Bonchev–Trinajstić information content (AvgIpc) is 2.73. The lowest BCUT2D eigenvalue weighted by atomic mass is 10.2. The summed E-state index contributed by atoms with van der Waals surface area (Å²) in [5, 5.41) is 1.18. The van der Waals surface area contributed by atoms with Gasteiger partial charge in [-0.3, -0.25) is 4.79 Å². The monoisotopic (exact) mass is 425 g/mol. The lowest BCUT2D eigenvalue weighted by molar-refractivity contribution is -0.125. The number of carbonyl (C=O) groups excluding carboxylic acids is 1. The molecule has 3 nitrogen and oxygen atoms in total. The molecule has 0 bridgehead atoms. The molecular weight excluding hydrogens is 405 g/mol. The first-order valence-corrected chi connectivity index (χ1v) is 9.91. The molecule has 0 aliphatic heterocycles. The van der Waals surface area contributed by atoms with Crippen LogP contribution in [0.1, 0.15) is 16.7 Å². The normalized spacial score (nSPS) is 10.9. The number of amides is 1. The fourth-order valence-electron chi connectivity index (χ4n) is 2.70. The molecule has 0 radical (unpaired) electrons. The van der Waals surface area contributed by atoms with Crippen molar-refractivity contribution in [3.05, 3.63) is 106 Å². The number of likely N-dealkylation sites (N-methyl/N-ethyl adjacent to an activating group) is 1. The molecule has 0 heterocycles. The predicted octanol–water partition coefficient (Wildman–Crippen LogP) is 6.24. The lowest BCUT2D eigenvalue weighted by Gasteiger charge is -2.15. The number of benzene rings is 3. The molecule has 3 rings (SSSR count). The van der Waals surface area contributed by atoms with E-state index in [9.17, 15) is 4.79 Å². The summed E-state index contributed by atoms with van der Waals surface area (Å²) in [6.07, 6.45) is 3.37. The Balaban J connectivity index is 1.53. The molecule has 0 unspecified atom stereocenters. The molecule has 0 N–H and O–H groups in total. The minimum atomic E-state index is -0.0495. The summed E-state index contributed by atoms with van der Waals surface area (Å²) in [6, 6.07) is 22.8. The van der Waals surface area contributed by atoms with E-state index in [1.165, 1.54) is 0 Å². The van der Waals surface area contributed by atoms with Gasteiger partial charge in [-0.2, -0.15) is 0 Å². The molecule has 148 valence electrons.